The molecular weight excluding hydrogens is 462 g/mol. The number of carboxylic acids is 1. The smallest absolute Gasteiger partial charge is 0.306 e. The van der Waals surface area contributed by atoms with E-state index < -0.39 is 30.1 Å². The molecule has 2 unspecified atom stereocenters. The zero-order chi connectivity index (χ0) is 27.2. The van der Waals surface area contributed by atoms with E-state index in [-0.39, 0.29) is 37.1 Å². The standard InChI is InChI=1S/C28H45NO7/c1-6-7-8-9-10-11-12-13-14-15-16-17-18-19-27(31)36-25(23-35-24(2)30)22-34-21-20-26(28(32)33)29(3,4)5/h7-8,10-11,13-14,16-17,25-26H,6,9,12,15,18-23H2,1-5H3/b8-7-,11-10-,14-13-,17-16-. The second-order valence-corrected chi connectivity index (χ2v) is 9.27. The summed E-state index contributed by atoms with van der Waals surface area (Å²) >= 11 is 0. The SMILES string of the molecule is CC/C=C\C/C=C\C/C=C\C/C=C\CCC(=O)OC(COCCC(C(=O)[O-])[N+](C)(C)C)COC(C)=O. The van der Waals surface area contributed by atoms with Gasteiger partial charge in [-0.1, -0.05) is 55.5 Å². The maximum atomic E-state index is 12.2. The van der Waals surface area contributed by atoms with Crippen LogP contribution in [0.25, 0.3) is 0 Å². The van der Waals surface area contributed by atoms with Gasteiger partial charge in [-0.15, -0.1) is 0 Å². The van der Waals surface area contributed by atoms with Crippen molar-refractivity contribution in [1.82, 2.24) is 0 Å². The van der Waals surface area contributed by atoms with Gasteiger partial charge in [-0.05, 0) is 32.1 Å². The van der Waals surface area contributed by atoms with Gasteiger partial charge in [0.05, 0.1) is 40.3 Å². The first kappa shape index (κ1) is 33.3. The number of carbonyl (C=O) groups excluding carboxylic acids is 3. The Kier molecular flexibility index (Phi) is 18.9. The molecule has 2 atom stereocenters. The van der Waals surface area contributed by atoms with E-state index in [4.69, 9.17) is 14.2 Å². The molecule has 8 nitrogen and oxygen atoms in total. The molecule has 0 N–H and O–H groups in total. The van der Waals surface area contributed by atoms with E-state index in [0.717, 1.165) is 25.7 Å². The Morgan fingerprint density at radius 3 is 1.92 bits per heavy atom. The van der Waals surface area contributed by atoms with Crippen LogP contribution >= 0.6 is 0 Å². The monoisotopic (exact) mass is 507 g/mol. The minimum atomic E-state index is -1.15. The highest BCUT2D eigenvalue weighted by Crippen LogP contribution is 2.08. The van der Waals surface area contributed by atoms with Crippen molar-refractivity contribution in [2.75, 3.05) is 41.0 Å². The summed E-state index contributed by atoms with van der Waals surface area (Å²) in [6.45, 7) is 3.41. The molecular formula is C28H45NO7. The molecule has 0 saturated carbocycles. The Hall–Kier alpha value is -2.71. The molecule has 8 heteroatoms. The van der Waals surface area contributed by atoms with Crippen LogP contribution in [-0.4, -0.2) is 75.5 Å². The van der Waals surface area contributed by atoms with Crippen molar-refractivity contribution in [3.63, 3.8) is 0 Å². The number of aliphatic carboxylic acids is 1. The molecule has 0 aliphatic rings. The lowest BCUT2D eigenvalue weighted by atomic mass is 10.1. The van der Waals surface area contributed by atoms with Crippen LogP contribution in [0.2, 0.25) is 0 Å². The molecule has 0 rings (SSSR count). The zero-order valence-corrected chi connectivity index (χ0v) is 22.6. The zero-order valence-electron chi connectivity index (χ0n) is 22.6. The van der Waals surface area contributed by atoms with Crippen LogP contribution in [0, 0.1) is 0 Å². The first-order valence-electron chi connectivity index (χ1n) is 12.6. The predicted octanol–water partition coefficient (Wildman–Crippen LogP) is 3.28. The Bertz CT molecular complexity index is 747. The molecule has 0 aliphatic heterocycles. The van der Waals surface area contributed by atoms with Gasteiger partial charge in [-0.3, -0.25) is 9.59 Å². The molecule has 0 aromatic rings. The fourth-order valence-corrected chi connectivity index (χ4v) is 3.10. The maximum Gasteiger partial charge on any atom is 0.306 e. The third kappa shape index (κ3) is 19.6. The lowest BCUT2D eigenvalue weighted by Gasteiger charge is -2.34. The highest BCUT2D eigenvalue weighted by molar-refractivity contribution is 5.70. The number of hydrogen-bond acceptors (Lipinski definition) is 7. The van der Waals surface area contributed by atoms with Crippen LogP contribution in [-0.2, 0) is 28.6 Å². The highest BCUT2D eigenvalue weighted by Gasteiger charge is 2.25. The Labute approximate surface area is 216 Å². The van der Waals surface area contributed by atoms with Crippen LogP contribution < -0.4 is 5.11 Å². The first-order valence-corrected chi connectivity index (χ1v) is 12.6. The fraction of sp³-hybridized carbons (Fsp3) is 0.607. The van der Waals surface area contributed by atoms with E-state index in [1.54, 1.807) is 21.1 Å². The van der Waals surface area contributed by atoms with Crippen molar-refractivity contribution in [3.05, 3.63) is 48.6 Å². The van der Waals surface area contributed by atoms with Gasteiger partial charge < -0.3 is 28.6 Å². The third-order valence-corrected chi connectivity index (χ3v) is 5.05. The summed E-state index contributed by atoms with van der Waals surface area (Å²) in [6, 6.07) is -0.731. The van der Waals surface area contributed by atoms with Crippen molar-refractivity contribution < 1.29 is 38.2 Å². The largest absolute Gasteiger partial charge is 0.544 e. The number of likely N-dealkylation sites (N-methyl/N-ethyl adjacent to an activating group) is 1. The average molecular weight is 508 g/mol. The lowest BCUT2D eigenvalue weighted by Crippen LogP contribution is -2.55. The van der Waals surface area contributed by atoms with Gasteiger partial charge >= 0.3 is 11.9 Å². The van der Waals surface area contributed by atoms with Gasteiger partial charge in [0.1, 0.15) is 12.6 Å². The van der Waals surface area contributed by atoms with E-state index in [9.17, 15) is 19.5 Å². The number of ether oxygens (including phenoxy) is 3. The normalized spacial score (nSPS) is 14.1. The van der Waals surface area contributed by atoms with E-state index >= 15 is 0 Å². The fourth-order valence-electron chi connectivity index (χ4n) is 3.10. The van der Waals surface area contributed by atoms with E-state index in [1.165, 1.54) is 6.92 Å². The molecule has 0 radical (unpaired) electrons. The summed E-state index contributed by atoms with van der Waals surface area (Å²) in [6.07, 6.45) is 20.6. The molecule has 0 saturated heterocycles. The van der Waals surface area contributed by atoms with E-state index in [2.05, 4.69) is 43.4 Å². The van der Waals surface area contributed by atoms with Crippen molar-refractivity contribution in [1.29, 1.82) is 0 Å². The molecule has 0 aromatic heterocycles. The minimum Gasteiger partial charge on any atom is -0.544 e. The average Bonchev–Trinajstić information content (AvgIpc) is 2.78. The van der Waals surface area contributed by atoms with Gasteiger partial charge in [-0.25, -0.2) is 0 Å². The Balaban J connectivity index is 4.33. The van der Waals surface area contributed by atoms with Crippen LogP contribution in [0.1, 0.15) is 58.8 Å². The summed E-state index contributed by atoms with van der Waals surface area (Å²) in [5.41, 5.74) is 0. The molecule has 0 fully saturated rings. The summed E-state index contributed by atoms with van der Waals surface area (Å²) < 4.78 is 16.1. The molecule has 0 bridgehead atoms. The summed E-state index contributed by atoms with van der Waals surface area (Å²) in [5, 5.41) is 11.3. The van der Waals surface area contributed by atoms with Crippen LogP contribution in [0.3, 0.4) is 0 Å². The molecule has 0 aliphatic carbocycles. The molecule has 0 amide bonds. The number of rotatable bonds is 20. The third-order valence-electron chi connectivity index (χ3n) is 5.05. The lowest BCUT2D eigenvalue weighted by molar-refractivity contribution is -0.889. The predicted molar refractivity (Wildman–Crippen MR) is 139 cm³/mol. The summed E-state index contributed by atoms with van der Waals surface area (Å²) in [4.78, 5) is 34.7. The van der Waals surface area contributed by atoms with Crippen LogP contribution in [0.4, 0.5) is 0 Å². The van der Waals surface area contributed by atoms with Gasteiger partial charge in [0.2, 0.25) is 0 Å². The molecule has 36 heavy (non-hydrogen) atoms. The highest BCUT2D eigenvalue weighted by atomic mass is 16.6. The molecule has 0 aromatic carbocycles. The quantitative estimate of drug-likeness (QED) is 0.108. The second kappa shape index (κ2) is 20.5. The maximum absolute atomic E-state index is 12.2. The Morgan fingerprint density at radius 1 is 0.861 bits per heavy atom. The first-order chi connectivity index (χ1) is 17.1. The topological polar surface area (TPSA) is 102 Å². The number of esters is 2. The van der Waals surface area contributed by atoms with Crippen molar-refractivity contribution in [3.8, 4) is 0 Å². The molecule has 0 heterocycles. The van der Waals surface area contributed by atoms with E-state index in [0.29, 0.717) is 6.42 Å². The van der Waals surface area contributed by atoms with Gasteiger partial charge in [-0.2, -0.15) is 0 Å². The van der Waals surface area contributed by atoms with Crippen LogP contribution in [0.15, 0.2) is 48.6 Å². The van der Waals surface area contributed by atoms with Crippen molar-refractivity contribution >= 4 is 17.9 Å². The number of carboxylic acid groups (broad SMARTS) is 1. The van der Waals surface area contributed by atoms with Crippen molar-refractivity contribution in [2.45, 2.75) is 70.9 Å². The number of nitrogens with zero attached hydrogens (tertiary/aromatic N) is 1. The number of carbonyl (C=O) groups is 3. The van der Waals surface area contributed by atoms with Gasteiger partial charge in [0, 0.05) is 19.8 Å². The number of allylic oxidation sites excluding steroid dienone is 8. The molecule has 0 spiro atoms. The van der Waals surface area contributed by atoms with Gasteiger partial charge in [0.25, 0.3) is 0 Å². The van der Waals surface area contributed by atoms with E-state index in [1.807, 2.05) is 12.2 Å². The molecule has 204 valence electrons. The summed E-state index contributed by atoms with van der Waals surface area (Å²) in [7, 11) is 5.30. The summed E-state index contributed by atoms with van der Waals surface area (Å²) in [5.74, 6) is -2.06. The number of quaternary nitrogens is 1. The second-order valence-electron chi connectivity index (χ2n) is 9.27. The van der Waals surface area contributed by atoms with Crippen LogP contribution in [0.5, 0.6) is 0 Å². The number of hydrogen-bond donors (Lipinski definition) is 0. The van der Waals surface area contributed by atoms with Crippen molar-refractivity contribution in [2.24, 2.45) is 0 Å². The van der Waals surface area contributed by atoms with Gasteiger partial charge in [0.15, 0.2) is 6.10 Å². The minimum absolute atomic E-state index is 0.0000972. The Morgan fingerprint density at radius 2 is 1.42 bits per heavy atom.